The molecule has 3 rings (SSSR count). The number of hydrogen-bond acceptors (Lipinski definition) is 2. The van der Waals surface area contributed by atoms with Gasteiger partial charge >= 0.3 is 0 Å². The Morgan fingerprint density at radius 3 is 2.55 bits per heavy atom. The van der Waals surface area contributed by atoms with Gasteiger partial charge in [-0.15, -0.1) is 0 Å². The second-order valence-electron chi connectivity index (χ2n) is 4.74. The predicted octanol–water partition coefficient (Wildman–Crippen LogP) is 3.54. The van der Waals surface area contributed by atoms with Gasteiger partial charge in [0.25, 0.3) is 0 Å². The maximum absolute atomic E-state index is 8.83. The molecule has 0 spiro atoms. The Morgan fingerprint density at radius 2 is 1.75 bits per heavy atom. The average Bonchev–Trinajstić information content (AvgIpc) is 2.83. The maximum atomic E-state index is 8.83. The van der Waals surface area contributed by atoms with Crippen molar-refractivity contribution in [3.8, 4) is 6.07 Å². The van der Waals surface area contributed by atoms with Crippen LogP contribution in [-0.2, 0) is 13.0 Å². The lowest BCUT2D eigenvalue weighted by Gasteiger charge is -2.07. The van der Waals surface area contributed by atoms with Crippen molar-refractivity contribution in [2.24, 2.45) is 0 Å². The van der Waals surface area contributed by atoms with Gasteiger partial charge in [0.15, 0.2) is 0 Å². The van der Waals surface area contributed by atoms with E-state index in [-0.39, 0.29) is 0 Å². The first-order valence-electron chi connectivity index (χ1n) is 6.73. The molecule has 0 N–H and O–H groups in total. The van der Waals surface area contributed by atoms with Crippen LogP contribution >= 0.6 is 0 Å². The molecule has 0 atom stereocenters. The van der Waals surface area contributed by atoms with Crippen LogP contribution in [0.4, 0.5) is 0 Å². The van der Waals surface area contributed by atoms with E-state index >= 15 is 0 Å². The van der Waals surface area contributed by atoms with Crippen molar-refractivity contribution >= 4 is 11.0 Å². The van der Waals surface area contributed by atoms with Crippen molar-refractivity contribution in [1.29, 1.82) is 5.26 Å². The second-order valence-corrected chi connectivity index (χ2v) is 4.74. The van der Waals surface area contributed by atoms with Crippen molar-refractivity contribution in [2.75, 3.05) is 0 Å². The highest BCUT2D eigenvalue weighted by Crippen LogP contribution is 2.18. The fourth-order valence-corrected chi connectivity index (χ4v) is 2.45. The Labute approximate surface area is 118 Å². The highest BCUT2D eigenvalue weighted by molar-refractivity contribution is 5.76. The summed E-state index contributed by atoms with van der Waals surface area (Å²) < 4.78 is 2.16. The van der Waals surface area contributed by atoms with Gasteiger partial charge in [0.1, 0.15) is 5.82 Å². The minimum absolute atomic E-state index is 0.502. The molecule has 0 aliphatic heterocycles. The molecule has 1 aromatic heterocycles. The van der Waals surface area contributed by atoms with Gasteiger partial charge in [-0.05, 0) is 17.7 Å². The molecule has 3 nitrogen and oxygen atoms in total. The van der Waals surface area contributed by atoms with Gasteiger partial charge in [-0.25, -0.2) is 4.98 Å². The van der Waals surface area contributed by atoms with Crippen molar-refractivity contribution < 1.29 is 0 Å². The maximum Gasteiger partial charge on any atom is 0.114 e. The zero-order valence-corrected chi connectivity index (χ0v) is 11.2. The van der Waals surface area contributed by atoms with E-state index in [0.29, 0.717) is 13.0 Å². The van der Waals surface area contributed by atoms with E-state index in [9.17, 15) is 0 Å². The number of rotatable bonds is 4. The highest BCUT2D eigenvalue weighted by atomic mass is 15.1. The van der Waals surface area contributed by atoms with E-state index < -0.39 is 0 Å². The topological polar surface area (TPSA) is 41.6 Å². The van der Waals surface area contributed by atoms with Gasteiger partial charge in [-0.1, -0.05) is 42.5 Å². The van der Waals surface area contributed by atoms with Gasteiger partial charge in [-0.3, -0.25) is 0 Å². The van der Waals surface area contributed by atoms with Crippen LogP contribution in [0.25, 0.3) is 11.0 Å². The van der Waals surface area contributed by atoms with Gasteiger partial charge < -0.3 is 4.57 Å². The Bertz CT molecular complexity index is 751. The fourth-order valence-electron chi connectivity index (χ4n) is 2.45. The molecule has 0 unspecified atom stereocenters. The van der Waals surface area contributed by atoms with Gasteiger partial charge in [0.2, 0.25) is 0 Å². The summed E-state index contributed by atoms with van der Waals surface area (Å²) in [6, 6.07) is 20.6. The van der Waals surface area contributed by atoms with Crippen LogP contribution in [-0.4, -0.2) is 9.55 Å². The standard InChI is InChI=1S/C17H15N3/c18-11-6-12-20-16-10-5-4-9-15(16)19-17(20)13-14-7-2-1-3-8-14/h1-5,7-10H,6,12-13H2. The zero-order valence-electron chi connectivity index (χ0n) is 11.2. The Morgan fingerprint density at radius 1 is 1.00 bits per heavy atom. The Hall–Kier alpha value is -2.60. The monoisotopic (exact) mass is 261 g/mol. The van der Waals surface area contributed by atoms with Crippen molar-refractivity contribution in [2.45, 2.75) is 19.4 Å². The molecule has 0 aliphatic carbocycles. The minimum atomic E-state index is 0.502. The first kappa shape index (κ1) is 12.4. The number of nitrogens with zero attached hydrogens (tertiary/aromatic N) is 3. The lowest BCUT2D eigenvalue weighted by molar-refractivity contribution is 0.695. The number of benzene rings is 2. The predicted molar refractivity (Wildman–Crippen MR) is 79.2 cm³/mol. The van der Waals surface area contributed by atoms with Crippen LogP contribution in [0.1, 0.15) is 17.8 Å². The van der Waals surface area contributed by atoms with Gasteiger partial charge in [0, 0.05) is 13.0 Å². The molecule has 0 fully saturated rings. The summed E-state index contributed by atoms with van der Waals surface area (Å²) in [6.07, 6.45) is 1.29. The average molecular weight is 261 g/mol. The third-order valence-corrected chi connectivity index (χ3v) is 3.39. The number of imidazole rings is 1. The van der Waals surface area contributed by atoms with Crippen molar-refractivity contribution in [3.63, 3.8) is 0 Å². The summed E-state index contributed by atoms with van der Waals surface area (Å²) in [7, 11) is 0. The molecule has 0 saturated heterocycles. The van der Waals surface area contributed by atoms with Crippen LogP contribution in [0.15, 0.2) is 54.6 Å². The Balaban J connectivity index is 2.02. The van der Waals surface area contributed by atoms with E-state index in [4.69, 9.17) is 10.2 Å². The molecule has 2 aromatic carbocycles. The van der Waals surface area contributed by atoms with E-state index in [1.54, 1.807) is 0 Å². The van der Waals surface area contributed by atoms with Crippen LogP contribution in [0.2, 0.25) is 0 Å². The third-order valence-electron chi connectivity index (χ3n) is 3.39. The van der Waals surface area contributed by atoms with E-state index in [2.05, 4.69) is 28.8 Å². The quantitative estimate of drug-likeness (QED) is 0.720. The SMILES string of the molecule is N#CCCn1c(Cc2ccccc2)nc2ccccc21. The molecule has 1 heterocycles. The second kappa shape index (κ2) is 5.58. The van der Waals surface area contributed by atoms with Crippen LogP contribution in [0, 0.1) is 11.3 Å². The summed E-state index contributed by atoms with van der Waals surface area (Å²) in [4.78, 5) is 4.71. The third kappa shape index (κ3) is 2.41. The normalized spacial score (nSPS) is 10.6. The molecule has 0 amide bonds. The molecule has 20 heavy (non-hydrogen) atoms. The number of para-hydroxylation sites is 2. The molecule has 0 bridgehead atoms. The largest absolute Gasteiger partial charge is 0.327 e. The van der Waals surface area contributed by atoms with Gasteiger partial charge in [-0.2, -0.15) is 5.26 Å². The van der Waals surface area contributed by atoms with Crippen molar-refractivity contribution in [3.05, 3.63) is 66.0 Å². The lowest BCUT2D eigenvalue weighted by Crippen LogP contribution is -2.04. The highest BCUT2D eigenvalue weighted by Gasteiger charge is 2.10. The molecule has 0 aliphatic rings. The molecular weight excluding hydrogens is 246 g/mol. The molecule has 98 valence electrons. The summed E-state index contributed by atoms with van der Waals surface area (Å²) >= 11 is 0. The molecular formula is C17H15N3. The molecule has 3 aromatic rings. The summed E-state index contributed by atoms with van der Waals surface area (Å²) in [5, 5.41) is 8.83. The first-order valence-corrected chi connectivity index (χ1v) is 6.73. The molecule has 3 heteroatoms. The van der Waals surface area contributed by atoms with Crippen molar-refractivity contribution in [1.82, 2.24) is 9.55 Å². The molecule has 0 saturated carbocycles. The number of fused-ring (bicyclic) bond motifs is 1. The zero-order chi connectivity index (χ0) is 13.8. The summed E-state index contributed by atoms with van der Waals surface area (Å²) in [6.45, 7) is 0.694. The number of aryl methyl sites for hydroxylation is 1. The van der Waals surface area contributed by atoms with Crippen LogP contribution < -0.4 is 0 Å². The summed E-state index contributed by atoms with van der Waals surface area (Å²) in [5.41, 5.74) is 3.34. The molecule has 0 radical (unpaired) electrons. The number of nitriles is 1. The minimum Gasteiger partial charge on any atom is -0.327 e. The fraction of sp³-hybridized carbons (Fsp3) is 0.176. The Kier molecular flexibility index (Phi) is 3.47. The van der Waals surface area contributed by atoms with E-state index in [1.165, 1.54) is 5.56 Å². The summed E-state index contributed by atoms with van der Waals surface area (Å²) in [5.74, 6) is 1.02. The number of aromatic nitrogens is 2. The van der Waals surface area contributed by atoms with E-state index in [1.807, 2.05) is 36.4 Å². The van der Waals surface area contributed by atoms with Crippen LogP contribution in [0.5, 0.6) is 0 Å². The number of hydrogen-bond donors (Lipinski definition) is 0. The lowest BCUT2D eigenvalue weighted by atomic mass is 10.1. The van der Waals surface area contributed by atoms with Gasteiger partial charge in [0.05, 0.1) is 23.5 Å². The van der Waals surface area contributed by atoms with E-state index in [0.717, 1.165) is 23.3 Å². The first-order chi connectivity index (χ1) is 9.88. The van der Waals surface area contributed by atoms with Crippen LogP contribution in [0.3, 0.4) is 0 Å². The smallest absolute Gasteiger partial charge is 0.114 e.